The van der Waals surface area contributed by atoms with Crippen LogP contribution in [0, 0.1) is 5.82 Å². The summed E-state index contributed by atoms with van der Waals surface area (Å²) in [6, 6.07) is 7.07. The molecule has 1 unspecified atom stereocenters. The Hall–Kier alpha value is -2.28. The molecule has 0 saturated heterocycles. The van der Waals surface area contributed by atoms with E-state index in [0.29, 0.717) is 17.7 Å². The van der Waals surface area contributed by atoms with Crippen molar-refractivity contribution in [3.63, 3.8) is 0 Å². The van der Waals surface area contributed by atoms with Gasteiger partial charge in [-0.2, -0.15) is 13.2 Å². The molecular formula is C17H13ClF4O3. The van der Waals surface area contributed by atoms with Gasteiger partial charge >= 0.3 is 12.1 Å². The molecule has 0 aliphatic rings. The van der Waals surface area contributed by atoms with Gasteiger partial charge in [-0.1, -0.05) is 30.7 Å². The molecule has 0 aromatic heterocycles. The third-order valence-corrected chi connectivity index (χ3v) is 3.73. The van der Waals surface area contributed by atoms with Crippen LogP contribution >= 0.6 is 11.6 Å². The molecule has 0 aliphatic heterocycles. The van der Waals surface area contributed by atoms with Gasteiger partial charge in [0, 0.05) is 0 Å². The molecule has 0 spiro atoms. The van der Waals surface area contributed by atoms with Crippen LogP contribution < -0.4 is 4.74 Å². The summed E-state index contributed by atoms with van der Waals surface area (Å²) in [6.45, 7) is 1.69. The maximum atomic E-state index is 14.0. The van der Waals surface area contributed by atoms with Crippen molar-refractivity contribution in [3.8, 4) is 11.5 Å². The SMILES string of the molecule is CC(CC(=O)O)c1cccc(Oc2c(F)cc(C(F)(F)F)cc2Cl)c1. The fourth-order valence-corrected chi connectivity index (χ4v) is 2.45. The van der Waals surface area contributed by atoms with E-state index in [2.05, 4.69) is 0 Å². The van der Waals surface area contributed by atoms with Crippen molar-refractivity contribution in [2.75, 3.05) is 0 Å². The molecule has 0 radical (unpaired) electrons. The zero-order chi connectivity index (χ0) is 18.8. The molecule has 1 N–H and O–H groups in total. The van der Waals surface area contributed by atoms with Gasteiger partial charge < -0.3 is 9.84 Å². The quantitative estimate of drug-likeness (QED) is 0.664. The Morgan fingerprint density at radius 1 is 1.28 bits per heavy atom. The number of halogens is 5. The molecule has 8 heteroatoms. The third kappa shape index (κ3) is 4.85. The molecule has 2 rings (SSSR count). The lowest BCUT2D eigenvalue weighted by atomic mass is 9.98. The molecule has 0 saturated carbocycles. The van der Waals surface area contributed by atoms with Crippen LogP contribution in [0.25, 0.3) is 0 Å². The fourth-order valence-electron chi connectivity index (χ4n) is 2.20. The highest BCUT2D eigenvalue weighted by atomic mass is 35.5. The van der Waals surface area contributed by atoms with Crippen molar-refractivity contribution >= 4 is 17.6 Å². The molecule has 0 fully saturated rings. The van der Waals surface area contributed by atoms with Crippen LogP contribution in [0.15, 0.2) is 36.4 Å². The molecule has 2 aromatic rings. The average molecular weight is 377 g/mol. The summed E-state index contributed by atoms with van der Waals surface area (Å²) < 4.78 is 57.2. The Balaban J connectivity index is 2.30. The van der Waals surface area contributed by atoms with E-state index in [1.54, 1.807) is 19.1 Å². The highest BCUT2D eigenvalue weighted by Gasteiger charge is 2.32. The Bertz CT molecular complexity index is 767. The summed E-state index contributed by atoms with van der Waals surface area (Å²) in [5, 5.41) is 8.31. The summed E-state index contributed by atoms with van der Waals surface area (Å²) in [5.41, 5.74) is -0.588. The first-order chi connectivity index (χ1) is 11.6. The van der Waals surface area contributed by atoms with E-state index in [4.69, 9.17) is 21.4 Å². The van der Waals surface area contributed by atoms with E-state index in [1.165, 1.54) is 12.1 Å². The highest BCUT2D eigenvalue weighted by molar-refractivity contribution is 6.32. The number of hydrogen-bond acceptors (Lipinski definition) is 2. The topological polar surface area (TPSA) is 46.5 Å². The minimum absolute atomic E-state index is 0.112. The second-order valence-electron chi connectivity index (χ2n) is 5.44. The molecule has 3 nitrogen and oxygen atoms in total. The number of rotatable bonds is 5. The first kappa shape index (κ1) is 19.1. The van der Waals surface area contributed by atoms with Crippen molar-refractivity contribution in [2.24, 2.45) is 0 Å². The van der Waals surface area contributed by atoms with E-state index in [1.807, 2.05) is 0 Å². The Kier molecular flexibility index (Phi) is 5.57. The van der Waals surface area contributed by atoms with Crippen LogP contribution in [-0.4, -0.2) is 11.1 Å². The predicted octanol–water partition coefficient (Wildman–Crippen LogP) is 5.87. The molecule has 0 aliphatic carbocycles. The predicted molar refractivity (Wildman–Crippen MR) is 83.6 cm³/mol. The molecule has 2 aromatic carbocycles. The first-order valence-electron chi connectivity index (χ1n) is 7.13. The molecule has 0 amide bonds. The summed E-state index contributed by atoms with van der Waals surface area (Å²) in [5.74, 6) is -2.94. The maximum Gasteiger partial charge on any atom is 0.416 e. The maximum absolute atomic E-state index is 14.0. The van der Waals surface area contributed by atoms with Crippen LogP contribution in [0.2, 0.25) is 5.02 Å². The monoisotopic (exact) mass is 376 g/mol. The van der Waals surface area contributed by atoms with E-state index in [-0.39, 0.29) is 18.1 Å². The minimum Gasteiger partial charge on any atom is -0.481 e. The summed E-state index contributed by atoms with van der Waals surface area (Å²) in [4.78, 5) is 10.8. The van der Waals surface area contributed by atoms with E-state index in [9.17, 15) is 22.4 Å². The normalized spacial score (nSPS) is 12.7. The molecular weight excluding hydrogens is 364 g/mol. The van der Waals surface area contributed by atoms with E-state index < -0.39 is 34.3 Å². The van der Waals surface area contributed by atoms with Crippen LogP contribution in [0.3, 0.4) is 0 Å². The molecule has 0 bridgehead atoms. The number of benzene rings is 2. The highest BCUT2D eigenvalue weighted by Crippen LogP contribution is 2.39. The lowest BCUT2D eigenvalue weighted by Crippen LogP contribution is -2.06. The van der Waals surface area contributed by atoms with Gasteiger partial charge in [0.15, 0.2) is 11.6 Å². The number of hydrogen-bond donors (Lipinski definition) is 1. The lowest BCUT2D eigenvalue weighted by Gasteiger charge is -2.14. The Morgan fingerprint density at radius 3 is 2.52 bits per heavy atom. The number of aliphatic carboxylic acids is 1. The molecule has 25 heavy (non-hydrogen) atoms. The second kappa shape index (κ2) is 7.31. The summed E-state index contributed by atoms with van der Waals surface area (Å²) in [6.07, 6.45) is -4.84. The van der Waals surface area contributed by atoms with Gasteiger partial charge in [-0.25, -0.2) is 4.39 Å². The number of alkyl halides is 3. The van der Waals surface area contributed by atoms with Gasteiger partial charge in [0.2, 0.25) is 0 Å². The summed E-state index contributed by atoms with van der Waals surface area (Å²) >= 11 is 5.72. The minimum atomic E-state index is -4.73. The second-order valence-corrected chi connectivity index (χ2v) is 5.85. The van der Waals surface area contributed by atoms with Crippen LogP contribution in [0.1, 0.15) is 30.4 Å². The van der Waals surface area contributed by atoms with Crippen LogP contribution in [0.5, 0.6) is 11.5 Å². The van der Waals surface area contributed by atoms with Gasteiger partial charge in [-0.15, -0.1) is 0 Å². The number of carboxylic acids is 1. The first-order valence-corrected chi connectivity index (χ1v) is 7.51. The zero-order valence-electron chi connectivity index (χ0n) is 12.9. The van der Waals surface area contributed by atoms with Gasteiger partial charge in [0.1, 0.15) is 5.75 Å². The van der Waals surface area contributed by atoms with E-state index >= 15 is 0 Å². The van der Waals surface area contributed by atoms with Gasteiger partial charge in [-0.3, -0.25) is 4.79 Å². The lowest BCUT2D eigenvalue weighted by molar-refractivity contribution is -0.138. The standard InChI is InChI=1S/C17H13ClF4O3/c1-9(5-15(23)24)10-3-2-4-12(6-10)25-16-13(18)7-11(8-14(16)19)17(20,21)22/h2-4,6-9H,5H2,1H3,(H,23,24). The average Bonchev–Trinajstić information content (AvgIpc) is 2.49. The van der Waals surface area contributed by atoms with Crippen molar-refractivity contribution in [3.05, 3.63) is 58.4 Å². The van der Waals surface area contributed by atoms with Gasteiger partial charge in [0.05, 0.1) is 17.0 Å². The Labute approximate surface area is 145 Å². The zero-order valence-corrected chi connectivity index (χ0v) is 13.7. The van der Waals surface area contributed by atoms with Crippen molar-refractivity contribution < 1.29 is 32.2 Å². The summed E-state index contributed by atoms with van der Waals surface area (Å²) in [7, 11) is 0. The van der Waals surface area contributed by atoms with Crippen LogP contribution in [-0.2, 0) is 11.0 Å². The number of carbonyl (C=O) groups is 1. The van der Waals surface area contributed by atoms with E-state index in [0.717, 1.165) is 0 Å². The van der Waals surface area contributed by atoms with Gasteiger partial charge in [0.25, 0.3) is 0 Å². The molecule has 1 atom stereocenters. The smallest absolute Gasteiger partial charge is 0.416 e. The Morgan fingerprint density at radius 2 is 1.96 bits per heavy atom. The largest absolute Gasteiger partial charge is 0.481 e. The number of ether oxygens (including phenoxy) is 1. The molecule has 134 valence electrons. The van der Waals surface area contributed by atoms with Crippen molar-refractivity contribution in [2.45, 2.75) is 25.4 Å². The van der Waals surface area contributed by atoms with Gasteiger partial charge in [-0.05, 0) is 35.7 Å². The fraction of sp³-hybridized carbons (Fsp3) is 0.235. The van der Waals surface area contributed by atoms with Crippen molar-refractivity contribution in [1.29, 1.82) is 0 Å². The number of carboxylic acid groups (broad SMARTS) is 1. The van der Waals surface area contributed by atoms with Crippen molar-refractivity contribution in [1.82, 2.24) is 0 Å². The molecule has 0 heterocycles. The third-order valence-electron chi connectivity index (χ3n) is 3.45. The van der Waals surface area contributed by atoms with Crippen LogP contribution in [0.4, 0.5) is 17.6 Å².